The van der Waals surface area contributed by atoms with E-state index in [0.29, 0.717) is 17.5 Å². The summed E-state index contributed by atoms with van der Waals surface area (Å²) >= 11 is 6.54. The molecular formula is C22H26ClN3O2. The summed E-state index contributed by atoms with van der Waals surface area (Å²) in [6, 6.07) is 9.55. The average molecular weight is 400 g/mol. The SMILES string of the molecule is CC1(C)CCc2nc([C@@H]3CCCN3C(=O)OCc3ccccc3)nc(Cl)c2C1. The molecule has 28 heavy (non-hydrogen) atoms. The van der Waals surface area contributed by atoms with Crippen LogP contribution in [0.5, 0.6) is 0 Å². The van der Waals surface area contributed by atoms with Gasteiger partial charge in [0.05, 0.1) is 6.04 Å². The molecule has 1 atom stereocenters. The second kappa shape index (κ2) is 7.70. The van der Waals surface area contributed by atoms with Crippen LogP contribution in [0.3, 0.4) is 0 Å². The number of benzene rings is 1. The Morgan fingerprint density at radius 3 is 2.86 bits per heavy atom. The van der Waals surface area contributed by atoms with Gasteiger partial charge in [-0.1, -0.05) is 55.8 Å². The highest BCUT2D eigenvalue weighted by atomic mass is 35.5. The van der Waals surface area contributed by atoms with Crippen LogP contribution in [0.2, 0.25) is 5.15 Å². The summed E-state index contributed by atoms with van der Waals surface area (Å²) in [5.74, 6) is 0.651. The Morgan fingerprint density at radius 1 is 1.29 bits per heavy atom. The Bertz CT molecular complexity index is 870. The number of carbonyl (C=O) groups excluding carboxylic acids is 1. The normalized spacial score (nSPS) is 20.7. The molecule has 0 bridgehead atoms. The van der Waals surface area contributed by atoms with Crippen molar-refractivity contribution in [2.24, 2.45) is 5.41 Å². The van der Waals surface area contributed by atoms with Crippen LogP contribution in [0.4, 0.5) is 4.79 Å². The number of carbonyl (C=O) groups is 1. The van der Waals surface area contributed by atoms with Gasteiger partial charge in [-0.3, -0.25) is 4.90 Å². The third kappa shape index (κ3) is 4.00. The van der Waals surface area contributed by atoms with Crippen LogP contribution in [0, 0.1) is 5.41 Å². The maximum Gasteiger partial charge on any atom is 0.410 e. The fourth-order valence-electron chi connectivity index (χ4n) is 4.13. The van der Waals surface area contributed by atoms with Crippen molar-refractivity contribution in [3.63, 3.8) is 0 Å². The van der Waals surface area contributed by atoms with Gasteiger partial charge in [-0.05, 0) is 43.1 Å². The number of nitrogens with zero attached hydrogens (tertiary/aromatic N) is 3. The van der Waals surface area contributed by atoms with Crippen LogP contribution in [0.1, 0.15) is 61.8 Å². The molecule has 1 aromatic heterocycles. The first-order valence-corrected chi connectivity index (χ1v) is 10.3. The van der Waals surface area contributed by atoms with Crippen LogP contribution < -0.4 is 0 Å². The van der Waals surface area contributed by atoms with E-state index in [2.05, 4.69) is 18.8 Å². The average Bonchev–Trinajstić information content (AvgIpc) is 3.17. The Labute approximate surface area is 171 Å². The lowest BCUT2D eigenvalue weighted by Gasteiger charge is -2.31. The second-order valence-corrected chi connectivity index (χ2v) is 8.89. The molecule has 0 radical (unpaired) electrons. The minimum Gasteiger partial charge on any atom is -0.445 e. The van der Waals surface area contributed by atoms with Crippen LogP contribution in [-0.2, 0) is 24.2 Å². The zero-order valence-electron chi connectivity index (χ0n) is 16.4. The van der Waals surface area contributed by atoms with Gasteiger partial charge < -0.3 is 4.74 Å². The number of aryl methyl sites for hydroxylation is 1. The summed E-state index contributed by atoms with van der Waals surface area (Å²) < 4.78 is 5.53. The van der Waals surface area contributed by atoms with Gasteiger partial charge in [0, 0.05) is 17.8 Å². The van der Waals surface area contributed by atoms with Gasteiger partial charge in [0.25, 0.3) is 0 Å². The molecule has 0 saturated carbocycles. The van der Waals surface area contributed by atoms with Gasteiger partial charge in [-0.25, -0.2) is 14.8 Å². The highest BCUT2D eigenvalue weighted by Crippen LogP contribution is 2.38. The van der Waals surface area contributed by atoms with E-state index >= 15 is 0 Å². The van der Waals surface area contributed by atoms with Gasteiger partial charge in [-0.2, -0.15) is 0 Å². The Balaban J connectivity index is 1.50. The Morgan fingerprint density at radius 2 is 2.07 bits per heavy atom. The first-order chi connectivity index (χ1) is 13.4. The van der Waals surface area contributed by atoms with Gasteiger partial charge in [-0.15, -0.1) is 0 Å². The number of likely N-dealkylation sites (tertiary alicyclic amines) is 1. The first kappa shape index (κ1) is 19.2. The number of hydrogen-bond donors (Lipinski definition) is 0. The molecule has 0 spiro atoms. The summed E-state index contributed by atoms with van der Waals surface area (Å²) in [4.78, 5) is 23.8. The van der Waals surface area contributed by atoms with E-state index in [1.54, 1.807) is 4.90 Å². The predicted molar refractivity (Wildman–Crippen MR) is 108 cm³/mol. The van der Waals surface area contributed by atoms with Crippen molar-refractivity contribution in [3.8, 4) is 0 Å². The van der Waals surface area contributed by atoms with Crippen molar-refractivity contribution in [1.29, 1.82) is 0 Å². The summed E-state index contributed by atoms with van der Waals surface area (Å²) in [6.07, 6.45) is 4.32. The van der Waals surface area contributed by atoms with Crippen molar-refractivity contribution in [2.75, 3.05) is 6.54 Å². The number of rotatable bonds is 3. The zero-order chi connectivity index (χ0) is 19.7. The summed E-state index contributed by atoms with van der Waals surface area (Å²) in [5, 5.41) is 0.539. The van der Waals surface area contributed by atoms with Gasteiger partial charge in [0.15, 0.2) is 5.82 Å². The number of hydrogen-bond acceptors (Lipinski definition) is 4. The molecule has 1 aliphatic heterocycles. The van der Waals surface area contributed by atoms with Crippen molar-refractivity contribution >= 4 is 17.7 Å². The minimum absolute atomic E-state index is 0.166. The molecule has 5 nitrogen and oxygen atoms in total. The number of aromatic nitrogens is 2. The standard InChI is InChI=1S/C22H26ClN3O2/c1-22(2)11-10-17-16(13-22)19(23)25-20(24-17)18-9-6-12-26(18)21(27)28-14-15-7-4-3-5-8-15/h3-5,7-8,18H,6,9-14H2,1-2H3/t18-/m0/s1. The van der Waals surface area contributed by atoms with E-state index in [1.165, 1.54) is 0 Å². The Hall–Kier alpha value is -2.14. The van der Waals surface area contributed by atoms with Crippen molar-refractivity contribution < 1.29 is 9.53 Å². The van der Waals surface area contributed by atoms with Crippen molar-refractivity contribution in [2.45, 2.75) is 58.6 Å². The highest BCUT2D eigenvalue weighted by Gasteiger charge is 2.35. The van der Waals surface area contributed by atoms with E-state index in [-0.39, 0.29) is 24.2 Å². The molecule has 0 unspecified atom stereocenters. The van der Waals surface area contributed by atoms with Gasteiger partial charge in [0.2, 0.25) is 0 Å². The third-order valence-electron chi connectivity index (χ3n) is 5.74. The quantitative estimate of drug-likeness (QED) is 0.672. The molecular weight excluding hydrogens is 374 g/mol. The largest absolute Gasteiger partial charge is 0.445 e. The minimum atomic E-state index is -0.315. The molecule has 1 saturated heterocycles. The van der Waals surface area contributed by atoms with Crippen molar-refractivity contribution in [1.82, 2.24) is 14.9 Å². The highest BCUT2D eigenvalue weighted by molar-refractivity contribution is 6.30. The van der Waals surface area contributed by atoms with E-state index in [0.717, 1.165) is 48.9 Å². The number of ether oxygens (including phenoxy) is 1. The number of amides is 1. The zero-order valence-corrected chi connectivity index (χ0v) is 17.2. The molecule has 2 heterocycles. The van der Waals surface area contributed by atoms with Crippen LogP contribution >= 0.6 is 11.6 Å². The number of fused-ring (bicyclic) bond motifs is 1. The molecule has 2 aliphatic rings. The van der Waals surface area contributed by atoms with Gasteiger partial charge >= 0.3 is 6.09 Å². The number of halogens is 1. The summed E-state index contributed by atoms with van der Waals surface area (Å²) in [6.45, 7) is 5.43. The lowest BCUT2D eigenvalue weighted by Crippen LogP contribution is -2.33. The van der Waals surface area contributed by atoms with Crippen LogP contribution in [0.15, 0.2) is 30.3 Å². The first-order valence-electron chi connectivity index (χ1n) is 9.95. The lowest BCUT2D eigenvalue weighted by atomic mass is 9.76. The van der Waals surface area contributed by atoms with E-state index < -0.39 is 0 Å². The van der Waals surface area contributed by atoms with Crippen LogP contribution in [0.25, 0.3) is 0 Å². The molecule has 0 N–H and O–H groups in total. The van der Waals surface area contributed by atoms with Crippen LogP contribution in [-0.4, -0.2) is 27.5 Å². The smallest absolute Gasteiger partial charge is 0.410 e. The maximum absolute atomic E-state index is 12.7. The second-order valence-electron chi connectivity index (χ2n) is 8.53. The Kier molecular flexibility index (Phi) is 5.28. The summed E-state index contributed by atoms with van der Waals surface area (Å²) in [7, 11) is 0. The lowest BCUT2D eigenvalue weighted by molar-refractivity contribution is 0.0908. The third-order valence-corrected chi connectivity index (χ3v) is 6.06. The molecule has 148 valence electrons. The van der Waals surface area contributed by atoms with Crippen molar-refractivity contribution in [3.05, 3.63) is 58.1 Å². The van der Waals surface area contributed by atoms with E-state index in [1.807, 2.05) is 30.3 Å². The topological polar surface area (TPSA) is 55.3 Å². The molecule has 6 heteroatoms. The van der Waals surface area contributed by atoms with E-state index in [4.69, 9.17) is 21.3 Å². The predicted octanol–water partition coefficient (Wildman–Crippen LogP) is 5.12. The monoisotopic (exact) mass is 399 g/mol. The molecule has 1 aliphatic carbocycles. The van der Waals surface area contributed by atoms with Gasteiger partial charge in [0.1, 0.15) is 11.8 Å². The summed E-state index contributed by atoms with van der Waals surface area (Å²) in [5.41, 5.74) is 3.31. The van der Waals surface area contributed by atoms with E-state index in [9.17, 15) is 4.79 Å². The fraction of sp³-hybridized carbons (Fsp3) is 0.500. The fourth-order valence-corrected chi connectivity index (χ4v) is 4.39. The molecule has 1 fully saturated rings. The molecule has 1 aromatic carbocycles. The molecule has 4 rings (SSSR count). The molecule has 1 amide bonds. The maximum atomic E-state index is 12.7. The molecule has 2 aromatic rings.